The first-order valence-corrected chi connectivity index (χ1v) is 6.05. The lowest BCUT2D eigenvalue weighted by Crippen LogP contribution is -2.01. The average molecular weight is 254 g/mol. The number of aromatic nitrogens is 1. The Bertz CT molecular complexity index is 720. The van der Waals surface area contributed by atoms with Gasteiger partial charge in [0.2, 0.25) is 0 Å². The molecule has 3 aromatic rings. The van der Waals surface area contributed by atoms with Crippen LogP contribution < -0.4 is 5.73 Å². The summed E-state index contributed by atoms with van der Waals surface area (Å²) < 4.78 is 7.44. The molecule has 0 unspecified atom stereocenters. The number of furan rings is 1. The maximum atomic E-state index is 10.9. The zero-order valence-electron chi connectivity index (χ0n) is 10.6. The summed E-state index contributed by atoms with van der Waals surface area (Å²) in [5.74, 6) is 1.44. The van der Waals surface area contributed by atoms with Gasteiger partial charge in [-0.3, -0.25) is 4.79 Å². The number of nitrogens with two attached hydrogens (primary N) is 1. The molecule has 0 aliphatic rings. The quantitative estimate of drug-likeness (QED) is 0.731. The number of anilines is 1. The van der Waals surface area contributed by atoms with Gasteiger partial charge in [0.15, 0.2) is 6.29 Å². The topological polar surface area (TPSA) is 61.2 Å². The van der Waals surface area contributed by atoms with Gasteiger partial charge in [-0.05, 0) is 18.2 Å². The van der Waals surface area contributed by atoms with Gasteiger partial charge in [0, 0.05) is 24.4 Å². The smallest absolute Gasteiger partial charge is 0.166 e. The molecule has 4 nitrogen and oxygen atoms in total. The molecule has 0 aliphatic heterocycles. The molecule has 2 heterocycles. The van der Waals surface area contributed by atoms with Crippen molar-refractivity contribution >= 4 is 23.1 Å². The summed E-state index contributed by atoms with van der Waals surface area (Å²) in [6.45, 7) is 0. The third-order valence-corrected chi connectivity index (χ3v) is 3.36. The van der Waals surface area contributed by atoms with E-state index in [9.17, 15) is 4.79 Å². The van der Waals surface area contributed by atoms with Crippen molar-refractivity contribution in [3.05, 3.63) is 53.4 Å². The molecule has 19 heavy (non-hydrogen) atoms. The molecule has 2 aromatic heterocycles. The molecule has 0 fully saturated rings. The third kappa shape index (κ3) is 1.91. The van der Waals surface area contributed by atoms with Crippen LogP contribution in [0.25, 0.3) is 11.0 Å². The molecule has 0 atom stereocenters. The van der Waals surface area contributed by atoms with Crippen molar-refractivity contribution in [2.24, 2.45) is 7.05 Å². The van der Waals surface area contributed by atoms with Crippen LogP contribution in [-0.4, -0.2) is 10.9 Å². The first-order chi connectivity index (χ1) is 9.19. The highest BCUT2D eigenvalue weighted by Gasteiger charge is 2.12. The SMILES string of the molecule is Cn1c(C=O)cc(Cc2cc3ccccc3o2)c1N. The van der Waals surface area contributed by atoms with Crippen molar-refractivity contribution in [1.82, 2.24) is 4.57 Å². The number of nitrogens with zero attached hydrogens (tertiary/aromatic N) is 1. The number of rotatable bonds is 3. The lowest BCUT2D eigenvalue weighted by Gasteiger charge is -2.00. The first-order valence-electron chi connectivity index (χ1n) is 6.05. The lowest BCUT2D eigenvalue weighted by molar-refractivity contribution is 0.111. The maximum absolute atomic E-state index is 10.9. The highest BCUT2D eigenvalue weighted by molar-refractivity contribution is 5.78. The Morgan fingerprint density at radius 1 is 1.32 bits per heavy atom. The van der Waals surface area contributed by atoms with E-state index in [2.05, 4.69) is 0 Å². The minimum absolute atomic E-state index is 0.573. The number of carbonyl (C=O) groups is 1. The molecule has 0 spiro atoms. The summed E-state index contributed by atoms with van der Waals surface area (Å²) in [4.78, 5) is 10.9. The predicted molar refractivity (Wildman–Crippen MR) is 74.2 cm³/mol. The molecule has 96 valence electrons. The van der Waals surface area contributed by atoms with Crippen molar-refractivity contribution in [3.8, 4) is 0 Å². The number of benzene rings is 1. The second-order valence-corrected chi connectivity index (χ2v) is 4.58. The van der Waals surface area contributed by atoms with Crippen LogP contribution in [0, 0.1) is 0 Å². The molecular formula is C15H14N2O2. The zero-order chi connectivity index (χ0) is 13.4. The number of para-hydroxylation sites is 1. The molecule has 0 bridgehead atoms. The molecule has 0 amide bonds. The molecule has 0 saturated heterocycles. The van der Waals surface area contributed by atoms with Crippen LogP contribution in [0.2, 0.25) is 0 Å². The second kappa shape index (κ2) is 4.31. The van der Waals surface area contributed by atoms with Crippen molar-refractivity contribution in [1.29, 1.82) is 0 Å². The molecular weight excluding hydrogens is 240 g/mol. The summed E-state index contributed by atoms with van der Waals surface area (Å²) >= 11 is 0. The number of hydrogen-bond donors (Lipinski definition) is 1. The van der Waals surface area contributed by atoms with Gasteiger partial charge in [0.25, 0.3) is 0 Å². The van der Waals surface area contributed by atoms with Crippen molar-refractivity contribution in [3.63, 3.8) is 0 Å². The van der Waals surface area contributed by atoms with Gasteiger partial charge in [0.05, 0.1) is 5.69 Å². The predicted octanol–water partition coefficient (Wildman–Crippen LogP) is 2.76. The summed E-state index contributed by atoms with van der Waals surface area (Å²) in [6.07, 6.45) is 1.39. The van der Waals surface area contributed by atoms with Crippen LogP contribution in [0.5, 0.6) is 0 Å². The Labute approximate surface area is 110 Å². The van der Waals surface area contributed by atoms with Gasteiger partial charge in [-0.2, -0.15) is 0 Å². The first kappa shape index (κ1) is 11.6. The molecule has 2 N–H and O–H groups in total. The fraction of sp³-hybridized carbons (Fsp3) is 0.133. The van der Waals surface area contributed by atoms with Crippen LogP contribution in [0.15, 0.2) is 40.8 Å². The van der Waals surface area contributed by atoms with Crippen LogP contribution in [-0.2, 0) is 13.5 Å². The van der Waals surface area contributed by atoms with Gasteiger partial charge in [0.1, 0.15) is 17.2 Å². The zero-order valence-corrected chi connectivity index (χ0v) is 10.6. The number of carbonyl (C=O) groups excluding carboxylic acids is 1. The number of hydrogen-bond acceptors (Lipinski definition) is 3. The van der Waals surface area contributed by atoms with E-state index in [1.54, 1.807) is 17.7 Å². The van der Waals surface area contributed by atoms with E-state index in [-0.39, 0.29) is 0 Å². The monoisotopic (exact) mass is 254 g/mol. The Hall–Kier alpha value is -2.49. The van der Waals surface area contributed by atoms with Gasteiger partial charge in [-0.1, -0.05) is 18.2 Å². The highest BCUT2D eigenvalue weighted by atomic mass is 16.3. The van der Waals surface area contributed by atoms with E-state index < -0.39 is 0 Å². The van der Waals surface area contributed by atoms with Crippen molar-refractivity contribution < 1.29 is 9.21 Å². The number of aldehydes is 1. The lowest BCUT2D eigenvalue weighted by atomic mass is 10.1. The normalized spacial score (nSPS) is 11.0. The number of fused-ring (bicyclic) bond motifs is 1. The highest BCUT2D eigenvalue weighted by Crippen LogP contribution is 2.24. The summed E-state index contributed by atoms with van der Waals surface area (Å²) in [5, 5.41) is 1.07. The summed E-state index contributed by atoms with van der Waals surface area (Å²) in [5.41, 5.74) is 8.33. The molecule has 0 aliphatic carbocycles. The standard InChI is InChI=1S/C15H14N2O2/c1-17-12(9-18)6-11(15(17)16)8-13-7-10-4-2-3-5-14(10)19-13/h2-7,9H,8,16H2,1H3. The third-order valence-electron chi connectivity index (χ3n) is 3.36. The summed E-state index contributed by atoms with van der Waals surface area (Å²) in [7, 11) is 1.78. The Morgan fingerprint density at radius 2 is 2.11 bits per heavy atom. The van der Waals surface area contributed by atoms with Crippen LogP contribution in [0.4, 0.5) is 5.82 Å². The van der Waals surface area contributed by atoms with Crippen LogP contribution in [0.1, 0.15) is 21.8 Å². The molecule has 4 heteroatoms. The van der Waals surface area contributed by atoms with Crippen LogP contribution in [0.3, 0.4) is 0 Å². The molecule has 0 saturated carbocycles. The van der Waals surface area contributed by atoms with E-state index in [4.69, 9.17) is 10.2 Å². The van der Waals surface area contributed by atoms with Crippen LogP contribution >= 0.6 is 0 Å². The average Bonchev–Trinajstić information content (AvgIpc) is 2.94. The summed E-state index contributed by atoms with van der Waals surface area (Å²) in [6, 6.07) is 11.7. The number of nitrogen functional groups attached to an aromatic ring is 1. The van der Waals surface area contributed by atoms with Gasteiger partial charge >= 0.3 is 0 Å². The Kier molecular flexibility index (Phi) is 2.63. The molecule has 1 aromatic carbocycles. The van der Waals surface area contributed by atoms with Crippen molar-refractivity contribution in [2.45, 2.75) is 6.42 Å². The fourth-order valence-electron chi connectivity index (χ4n) is 2.27. The van der Waals surface area contributed by atoms with Gasteiger partial charge < -0.3 is 14.7 Å². The fourth-order valence-corrected chi connectivity index (χ4v) is 2.27. The van der Waals surface area contributed by atoms with E-state index in [0.717, 1.165) is 28.6 Å². The minimum atomic E-state index is 0.573. The Balaban J connectivity index is 1.98. The van der Waals surface area contributed by atoms with Gasteiger partial charge in [-0.15, -0.1) is 0 Å². The van der Waals surface area contributed by atoms with E-state index in [1.165, 1.54) is 0 Å². The van der Waals surface area contributed by atoms with E-state index in [1.807, 2.05) is 30.3 Å². The Morgan fingerprint density at radius 3 is 2.79 bits per heavy atom. The minimum Gasteiger partial charge on any atom is -0.461 e. The second-order valence-electron chi connectivity index (χ2n) is 4.58. The van der Waals surface area contributed by atoms with Gasteiger partial charge in [-0.25, -0.2) is 0 Å². The maximum Gasteiger partial charge on any atom is 0.166 e. The molecule has 0 radical (unpaired) electrons. The van der Waals surface area contributed by atoms with Crippen molar-refractivity contribution in [2.75, 3.05) is 5.73 Å². The molecule has 3 rings (SSSR count). The largest absolute Gasteiger partial charge is 0.461 e. The van der Waals surface area contributed by atoms with E-state index >= 15 is 0 Å². The van der Waals surface area contributed by atoms with E-state index in [0.29, 0.717) is 17.9 Å².